The molecule has 0 fully saturated rings. The molecule has 0 aliphatic carbocycles. The van der Waals surface area contributed by atoms with E-state index in [9.17, 15) is 22.7 Å². The highest BCUT2D eigenvalue weighted by atomic mass is 32.2. The molecule has 0 aromatic heterocycles. The van der Waals surface area contributed by atoms with Gasteiger partial charge in [0.05, 0.1) is 6.42 Å². The first kappa shape index (κ1) is 17.9. The van der Waals surface area contributed by atoms with E-state index in [2.05, 4.69) is 5.32 Å². The van der Waals surface area contributed by atoms with Gasteiger partial charge in [-0.3, -0.25) is 4.79 Å². The Balaban J connectivity index is 2.06. The lowest BCUT2D eigenvalue weighted by Gasteiger charge is -2.09. The molecule has 0 saturated heterocycles. The van der Waals surface area contributed by atoms with Crippen molar-refractivity contribution in [3.63, 3.8) is 0 Å². The highest BCUT2D eigenvalue weighted by Crippen LogP contribution is 2.19. The van der Waals surface area contributed by atoms with Crippen molar-refractivity contribution in [2.75, 3.05) is 0 Å². The molecule has 0 aliphatic heterocycles. The molecule has 4 N–H and O–H groups in total. The summed E-state index contributed by atoms with van der Waals surface area (Å²) in [6.45, 7) is 1.85. The van der Waals surface area contributed by atoms with Crippen molar-refractivity contribution in [3.8, 4) is 5.75 Å². The van der Waals surface area contributed by atoms with E-state index in [0.29, 0.717) is 11.1 Å². The van der Waals surface area contributed by atoms with Gasteiger partial charge in [-0.25, -0.2) is 17.9 Å². The average molecular weight is 352 g/mol. The fraction of sp³-hybridized carbons (Fsp3) is 0.188. The molecule has 6 nitrogen and oxygen atoms in total. The zero-order valence-corrected chi connectivity index (χ0v) is 13.7. The van der Waals surface area contributed by atoms with Gasteiger partial charge in [0.2, 0.25) is 15.9 Å². The van der Waals surface area contributed by atoms with Crippen LogP contribution in [0, 0.1) is 12.7 Å². The summed E-state index contributed by atoms with van der Waals surface area (Å²) in [6.07, 6.45) is -0.0310. The number of carbonyl (C=O) groups is 1. The van der Waals surface area contributed by atoms with Crippen LogP contribution in [0.5, 0.6) is 5.75 Å². The van der Waals surface area contributed by atoms with Gasteiger partial charge in [0.25, 0.3) is 0 Å². The number of nitrogens with one attached hydrogen (secondary N) is 1. The Morgan fingerprint density at radius 1 is 1.25 bits per heavy atom. The Kier molecular flexibility index (Phi) is 5.20. The Labute approximate surface area is 139 Å². The van der Waals surface area contributed by atoms with E-state index in [1.165, 1.54) is 12.1 Å². The van der Waals surface area contributed by atoms with Gasteiger partial charge >= 0.3 is 0 Å². The molecule has 24 heavy (non-hydrogen) atoms. The maximum Gasteiger partial charge on any atom is 0.240 e. The zero-order valence-electron chi connectivity index (χ0n) is 12.9. The van der Waals surface area contributed by atoms with E-state index in [-0.39, 0.29) is 24.6 Å². The number of nitrogens with two attached hydrogens (primary N) is 1. The summed E-state index contributed by atoms with van der Waals surface area (Å²) in [5, 5.41) is 17.2. The number of hydrogen-bond acceptors (Lipinski definition) is 4. The van der Waals surface area contributed by atoms with Crippen molar-refractivity contribution in [1.29, 1.82) is 0 Å². The molecule has 0 radical (unpaired) electrons. The van der Waals surface area contributed by atoms with Crippen molar-refractivity contribution < 1.29 is 22.7 Å². The van der Waals surface area contributed by atoms with E-state index in [1.807, 2.05) is 6.92 Å². The van der Waals surface area contributed by atoms with Crippen LogP contribution in [0.15, 0.2) is 41.3 Å². The molecule has 0 heterocycles. The number of aryl methyl sites for hydroxylation is 1. The predicted octanol–water partition coefficient (Wildman–Crippen LogP) is 1.35. The lowest BCUT2D eigenvalue weighted by atomic mass is 10.1. The molecule has 8 heteroatoms. The van der Waals surface area contributed by atoms with Crippen LogP contribution in [0.1, 0.15) is 16.7 Å². The van der Waals surface area contributed by atoms with Crippen LogP contribution in [0.4, 0.5) is 4.39 Å². The second kappa shape index (κ2) is 6.98. The van der Waals surface area contributed by atoms with Crippen LogP contribution >= 0.6 is 0 Å². The first-order valence-electron chi connectivity index (χ1n) is 7.03. The van der Waals surface area contributed by atoms with Crippen LogP contribution in [0.25, 0.3) is 0 Å². The van der Waals surface area contributed by atoms with Crippen LogP contribution in [-0.4, -0.2) is 19.4 Å². The van der Waals surface area contributed by atoms with E-state index >= 15 is 0 Å². The Hall–Kier alpha value is -2.45. The van der Waals surface area contributed by atoms with Crippen LogP contribution in [0.3, 0.4) is 0 Å². The highest BCUT2D eigenvalue weighted by Gasteiger charge is 2.15. The maximum atomic E-state index is 13.5. The van der Waals surface area contributed by atoms with Gasteiger partial charge in [-0.1, -0.05) is 23.8 Å². The fourth-order valence-electron chi connectivity index (χ4n) is 2.17. The molecule has 0 spiro atoms. The average Bonchev–Trinajstić information content (AvgIpc) is 2.49. The first-order valence-corrected chi connectivity index (χ1v) is 8.58. The Bertz CT molecular complexity index is 882. The molecule has 0 saturated carbocycles. The van der Waals surface area contributed by atoms with Crippen molar-refractivity contribution in [3.05, 3.63) is 58.9 Å². The third-order valence-corrected chi connectivity index (χ3v) is 4.30. The smallest absolute Gasteiger partial charge is 0.240 e. The van der Waals surface area contributed by atoms with Gasteiger partial charge in [0.1, 0.15) is 16.5 Å². The summed E-state index contributed by atoms with van der Waals surface area (Å²) in [7, 11) is -4.17. The van der Waals surface area contributed by atoms with Gasteiger partial charge in [0, 0.05) is 12.1 Å². The van der Waals surface area contributed by atoms with Crippen LogP contribution in [-0.2, 0) is 27.8 Å². The molecular weight excluding hydrogens is 335 g/mol. The molecule has 1 amide bonds. The third kappa shape index (κ3) is 4.53. The van der Waals surface area contributed by atoms with E-state index in [0.717, 1.165) is 17.7 Å². The number of halogens is 1. The summed E-state index contributed by atoms with van der Waals surface area (Å²) in [6, 6.07) is 8.35. The Morgan fingerprint density at radius 3 is 2.62 bits per heavy atom. The van der Waals surface area contributed by atoms with Crippen molar-refractivity contribution in [1.82, 2.24) is 5.32 Å². The lowest BCUT2D eigenvalue weighted by Crippen LogP contribution is -2.25. The van der Waals surface area contributed by atoms with E-state index < -0.39 is 20.7 Å². The highest BCUT2D eigenvalue weighted by molar-refractivity contribution is 7.89. The van der Waals surface area contributed by atoms with Crippen LogP contribution < -0.4 is 10.5 Å². The molecule has 2 aromatic rings. The minimum absolute atomic E-state index is 0.00815. The number of primary sulfonamides is 1. The largest absolute Gasteiger partial charge is 0.508 e. The standard InChI is InChI=1S/C16H17FN2O4S/c1-10-2-5-14(20)12(6-10)8-16(21)19-9-11-3-4-13(17)15(7-11)24(18,22)23/h2-7,20H,8-9H2,1H3,(H,19,21)(H2,18,22,23). The number of sulfonamides is 1. The monoisotopic (exact) mass is 352 g/mol. The van der Waals surface area contributed by atoms with Crippen molar-refractivity contribution >= 4 is 15.9 Å². The number of rotatable bonds is 5. The Morgan fingerprint density at radius 2 is 1.96 bits per heavy atom. The van der Waals surface area contributed by atoms with Gasteiger partial charge in [-0.2, -0.15) is 0 Å². The molecule has 2 rings (SSSR count). The minimum atomic E-state index is -4.17. The van der Waals surface area contributed by atoms with Crippen molar-refractivity contribution in [2.45, 2.75) is 24.8 Å². The summed E-state index contributed by atoms with van der Waals surface area (Å²) >= 11 is 0. The van der Waals surface area contributed by atoms with Gasteiger partial charge in [0.15, 0.2) is 0 Å². The number of amides is 1. The summed E-state index contributed by atoms with van der Waals surface area (Å²) < 4.78 is 36.0. The molecule has 128 valence electrons. The lowest BCUT2D eigenvalue weighted by molar-refractivity contribution is -0.120. The maximum absolute atomic E-state index is 13.5. The summed E-state index contributed by atoms with van der Waals surface area (Å²) in [5.74, 6) is -1.29. The second-order valence-corrected chi connectivity index (χ2v) is 6.93. The molecule has 0 unspecified atom stereocenters. The van der Waals surface area contributed by atoms with Crippen LogP contribution in [0.2, 0.25) is 0 Å². The minimum Gasteiger partial charge on any atom is -0.508 e. The van der Waals surface area contributed by atoms with E-state index in [1.54, 1.807) is 12.1 Å². The number of benzene rings is 2. The molecule has 0 atom stereocenters. The van der Waals surface area contributed by atoms with Gasteiger partial charge in [-0.05, 0) is 30.7 Å². The summed E-state index contributed by atoms with van der Waals surface area (Å²) in [4.78, 5) is 11.3. The number of aromatic hydroxyl groups is 1. The molecule has 2 aromatic carbocycles. The first-order chi connectivity index (χ1) is 11.2. The topological polar surface area (TPSA) is 109 Å². The predicted molar refractivity (Wildman–Crippen MR) is 86.2 cm³/mol. The number of phenols is 1. The van der Waals surface area contributed by atoms with E-state index in [4.69, 9.17) is 5.14 Å². The molecule has 0 aliphatic rings. The number of hydrogen-bond donors (Lipinski definition) is 3. The quantitative estimate of drug-likeness (QED) is 0.754. The summed E-state index contributed by atoms with van der Waals surface area (Å²) in [5.41, 5.74) is 1.78. The zero-order chi connectivity index (χ0) is 17.9. The van der Waals surface area contributed by atoms with Crippen molar-refractivity contribution in [2.24, 2.45) is 5.14 Å². The second-order valence-electron chi connectivity index (χ2n) is 5.40. The van der Waals surface area contributed by atoms with Gasteiger partial charge in [-0.15, -0.1) is 0 Å². The fourth-order valence-corrected chi connectivity index (χ4v) is 2.82. The third-order valence-electron chi connectivity index (χ3n) is 3.38. The van der Waals surface area contributed by atoms with Gasteiger partial charge < -0.3 is 10.4 Å². The molecule has 0 bridgehead atoms. The molecular formula is C16H17FN2O4S. The SMILES string of the molecule is Cc1ccc(O)c(CC(=O)NCc2ccc(F)c(S(N)(=O)=O)c2)c1. The normalized spacial score (nSPS) is 11.3. The number of carbonyl (C=O) groups excluding carboxylic acids is 1. The number of phenolic OH excluding ortho intramolecular Hbond substituents is 1.